The van der Waals surface area contributed by atoms with Gasteiger partial charge in [0.05, 0.1) is 0 Å². The molecule has 0 saturated heterocycles. The van der Waals surface area contributed by atoms with E-state index in [0.717, 1.165) is 0 Å². The van der Waals surface area contributed by atoms with Gasteiger partial charge in [-0.15, -0.1) is 0 Å². The highest BCUT2D eigenvalue weighted by atomic mass is 16.1. The largest absolute Gasteiger partial charge is 0.370 e. The number of rotatable bonds is 3. The molecule has 0 saturated carbocycles. The van der Waals surface area contributed by atoms with Crippen LogP contribution < -0.4 is 5.73 Å². The van der Waals surface area contributed by atoms with Gasteiger partial charge in [0.2, 0.25) is 5.91 Å². The molecule has 120 valence electrons. The molecule has 0 radical (unpaired) electrons. The fraction of sp³-hybridized carbons (Fsp3) is 0.0870. The summed E-state index contributed by atoms with van der Waals surface area (Å²) in [4.78, 5) is 11.2. The summed E-state index contributed by atoms with van der Waals surface area (Å²) in [6.45, 7) is 0. The summed E-state index contributed by atoms with van der Waals surface area (Å²) in [6.07, 6.45) is 1.06. The number of carbonyl (C=O) groups is 1. The van der Waals surface area contributed by atoms with Crippen molar-refractivity contribution in [2.75, 3.05) is 0 Å². The third-order valence-electron chi connectivity index (χ3n) is 5.26. The van der Waals surface area contributed by atoms with Crippen molar-refractivity contribution in [3.63, 3.8) is 0 Å². The molecule has 1 amide bonds. The molecule has 0 aliphatic rings. The van der Waals surface area contributed by atoms with E-state index >= 15 is 0 Å². The Balaban J connectivity index is 1.97. The molecule has 0 spiro atoms. The number of hydrogen-bond acceptors (Lipinski definition) is 1. The van der Waals surface area contributed by atoms with E-state index < -0.39 is 0 Å². The fourth-order valence-electron chi connectivity index (χ4n) is 4.18. The van der Waals surface area contributed by atoms with Crippen molar-refractivity contribution in [3.05, 3.63) is 72.3 Å². The van der Waals surface area contributed by atoms with Crippen molar-refractivity contribution < 1.29 is 4.79 Å². The van der Waals surface area contributed by atoms with Gasteiger partial charge >= 0.3 is 0 Å². The van der Waals surface area contributed by atoms with Crippen molar-refractivity contribution in [3.8, 4) is 0 Å². The summed E-state index contributed by atoms with van der Waals surface area (Å²) in [5.41, 5.74) is 6.54. The van der Waals surface area contributed by atoms with E-state index in [1.54, 1.807) is 0 Å². The third-order valence-corrected chi connectivity index (χ3v) is 5.26. The highest BCUT2D eigenvalue weighted by Crippen LogP contribution is 2.40. The second-order valence-corrected chi connectivity index (χ2v) is 6.68. The first-order valence-corrected chi connectivity index (χ1v) is 8.59. The summed E-state index contributed by atoms with van der Waals surface area (Å²) in [5.74, 6) is -0.254. The van der Waals surface area contributed by atoms with Gasteiger partial charge in [0.15, 0.2) is 0 Å². The molecule has 2 nitrogen and oxygen atoms in total. The average molecular weight is 323 g/mol. The molecular weight excluding hydrogens is 306 g/mol. The normalized spacial score (nSPS) is 11.8. The van der Waals surface area contributed by atoms with Crippen LogP contribution in [-0.2, 0) is 11.2 Å². The van der Waals surface area contributed by atoms with Gasteiger partial charge in [-0.3, -0.25) is 4.79 Å². The first-order valence-electron chi connectivity index (χ1n) is 8.59. The predicted molar refractivity (Wildman–Crippen MR) is 105 cm³/mol. The summed E-state index contributed by atoms with van der Waals surface area (Å²) in [6, 6.07) is 23.8. The van der Waals surface area contributed by atoms with E-state index in [1.807, 2.05) is 0 Å². The second-order valence-electron chi connectivity index (χ2n) is 6.68. The van der Waals surface area contributed by atoms with Crippen LogP contribution in [-0.4, -0.2) is 5.91 Å². The Kier molecular flexibility index (Phi) is 2.95. The lowest BCUT2D eigenvalue weighted by molar-refractivity contribution is -0.117. The van der Waals surface area contributed by atoms with E-state index in [1.165, 1.54) is 48.7 Å². The molecule has 5 aromatic rings. The van der Waals surface area contributed by atoms with Crippen LogP contribution in [0.15, 0.2) is 66.7 Å². The molecule has 0 atom stereocenters. The Bertz CT molecular complexity index is 1220. The van der Waals surface area contributed by atoms with Crippen LogP contribution in [0.25, 0.3) is 43.1 Å². The van der Waals surface area contributed by atoms with E-state index in [0.29, 0.717) is 12.8 Å². The molecule has 2 N–H and O–H groups in total. The zero-order chi connectivity index (χ0) is 17.0. The average Bonchev–Trinajstić information content (AvgIpc) is 2.64. The molecule has 0 unspecified atom stereocenters. The van der Waals surface area contributed by atoms with Crippen LogP contribution in [0.2, 0.25) is 0 Å². The molecule has 25 heavy (non-hydrogen) atoms. The van der Waals surface area contributed by atoms with E-state index in [4.69, 9.17) is 5.73 Å². The zero-order valence-electron chi connectivity index (χ0n) is 13.8. The number of amides is 1. The summed E-state index contributed by atoms with van der Waals surface area (Å²) in [7, 11) is 0. The van der Waals surface area contributed by atoms with E-state index in [-0.39, 0.29) is 5.91 Å². The van der Waals surface area contributed by atoms with Crippen LogP contribution >= 0.6 is 0 Å². The van der Waals surface area contributed by atoms with Gasteiger partial charge in [-0.25, -0.2) is 0 Å². The van der Waals surface area contributed by atoms with Crippen molar-refractivity contribution in [1.29, 1.82) is 0 Å². The lowest BCUT2D eigenvalue weighted by atomic mass is 9.88. The lowest BCUT2D eigenvalue weighted by Gasteiger charge is -2.16. The monoisotopic (exact) mass is 323 g/mol. The third kappa shape index (κ3) is 2.01. The SMILES string of the molecule is NC(=O)CCc1ccc2c3cccc4cccc(c5cccc1c52)c43. The van der Waals surface area contributed by atoms with E-state index in [9.17, 15) is 4.79 Å². The fourth-order valence-corrected chi connectivity index (χ4v) is 4.18. The standard InChI is InChI=1S/C23H17NO/c24-21(25)13-11-14-10-12-20-18-8-2-5-15-4-1-7-17(22(15)18)19-9-3-6-16(14)23(19)20/h1-10,12H,11,13H2,(H2,24,25). The number of benzene rings is 5. The smallest absolute Gasteiger partial charge is 0.217 e. The molecule has 0 bridgehead atoms. The van der Waals surface area contributed by atoms with Gasteiger partial charge in [0.25, 0.3) is 0 Å². The van der Waals surface area contributed by atoms with Gasteiger partial charge in [-0.05, 0) is 55.1 Å². The van der Waals surface area contributed by atoms with Gasteiger partial charge in [0.1, 0.15) is 0 Å². The first kappa shape index (κ1) is 14.2. The van der Waals surface area contributed by atoms with Gasteiger partial charge in [0, 0.05) is 6.42 Å². The number of primary amides is 1. The van der Waals surface area contributed by atoms with Gasteiger partial charge < -0.3 is 5.73 Å². The Morgan fingerprint density at radius 1 is 0.680 bits per heavy atom. The lowest BCUT2D eigenvalue weighted by Crippen LogP contribution is -2.11. The molecular formula is C23H17NO. The van der Waals surface area contributed by atoms with Gasteiger partial charge in [-0.2, -0.15) is 0 Å². The number of nitrogens with two attached hydrogens (primary N) is 1. The zero-order valence-corrected chi connectivity index (χ0v) is 13.8. The number of fused-ring (bicyclic) bond motifs is 2. The Morgan fingerprint density at radius 3 is 1.92 bits per heavy atom. The molecule has 0 heterocycles. The van der Waals surface area contributed by atoms with Gasteiger partial charge in [-0.1, -0.05) is 66.7 Å². The van der Waals surface area contributed by atoms with Crippen molar-refractivity contribution in [2.45, 2.75) is 12.8 Å². The minimum Gasteiger partial charge on any atom is -0.370 e. The van der Waals surface area contributed by atoms with Crippen molar-refractivity contribution in [2.24, 2.45) is 5.73 Å². The molecule has 0 aliphatic carbocycles. The van der Waals surface area contributed by atoms with Crippen LogP contribution in [0.3, 0.4) is 0 Å². The first-order chi connectivity index (χ1) is 12.2. The topological polar surface area (TPSA) is 43.1 Å². The molecule has 0 fully saturated rings. The van der Waals surface area contributed by atoms with Crippen LogP contribution in [0.1, 0.15) is 12.0 Å². The Hall–Kier alpha value is -3.13. The summed E-state index contributed by atoms with van der Waals surface area (Å²) >= 11 is 0. The molecule has 0 aliphatic heterocycles. The minimum atomic E-state index is -0.254. The predicted octanol–water partition coefficient (Wildman–Crippen LogP) is 5.16. The second kappa shape index (κ2) is 5.18. The number of hydrogen-bond donors (Lipinski definition) is 1. The molecule has 5 rings (SSSR count). The molecule has 5 aromatic carbocycles. The number of carbonyl (C=O) groups excluding carboxylic acids is 1. The Morgan fingerprint density at radius 2 is 1.24 bits per heavy atom. The van der Waals surface area contributed by atoms with Crippen LogP contribution in [0.5, 0.6) is 0 Å². The summed E-state index contributed by atoms with van der Waals surface area (Å²) in [5, 5.41) is 10.2. The quantitative estimate of drug-likeness (QED) is 0.362. The highest BCUT2D eigenvalue weighted by molar-refractivity contribution is 6.33. The molecule has 0 aromatic heterocycles. The van der Waals surface area contributed by atoms with E-state index in [2.05, 4.69) is 66.7 Å². The molecule has 2 heteroatoms. The Labute approximate surface area is 145 Å². The minimum absolute atomic E-state index is 0.254. The van der Waals surface area contributed by atoms with Crippen molar-refractivity contribution >= 4 is 49.0 Å². The van der Waals surface area contributed by atoms with Crippen LogP contribution in [0, 0.1) is 0 Å². The maximum atomic E-state index is 11.2. The maximum Gasteiger partial charge on any atom is 0.217 e. The van der Waals surface area contributed by atoms with Crippen molar-refractivity contribution in [1.82, 2.24) is 0 Å². The van der Waals surface area contributed by atoms with Crippen LogP contribution in [0.4, 0.5) is 0 Å². The highest BCUT2D eigenvalue weighted by Gasteiger charge is 2.14. The maximum absolute atomic E-state index is 11.2. The summed E-state index contributed by atoms with van der Waals surface area (Å²) < 4.78 is 0. The number of aryl methyl sites for hydroxylation is 1.